The Morgan fingerprint density at radius 3 is 1.25 bits per heavy atom. The number of carbonyl (C=O) groups is 3. The summed E-state index contributed by atoms with van der Waals surface area (Å²) in [6, 6.07) is 0. The molecule has 0 aliphatic heterocycles. The van der Waals surface area contributed by atoms with E-state index < -0.39 is 57.8 Å². The van der Waals surface area contributed by atoms with Crippen molar-refractivity contribution in [3.05, 3.63) is 48.6 Å². The van der Waals surface area contributed by atoms with Crippen LogP contribution in [0.1, 0.15) is 226 Å². The minimum absolute atomic E-state index is 0.118. The molecule has 0 saturated heterocycles. The van der Waals surface area contributed by atoms with Crippen LogP contribution in [-0.2, 0) is 42.2 Å². The van der Waals surface area contributed by atoms with Gasteiger partial charge in [-0.25, -0.2) is 4.57 Å². The van der Waals surface area contributed by atoms with Crippen molar-refractivity contribution in [3.63, 3.8) is 0 Å². The molecule has 11 nitrogen and oxygen atoms in total. The average Bonchev–Trinajstić information content (AvgIpc) is 3.28. The van der Waals surface area contributed by atoms with Gasteiger partial charge in [0.1, 0.15) is 12.7 Å². The van der Waals surface area contributed by atoms with Gasteiger partial charge in [0.25, 0.3) is 0 Å². The first-order chi connectivity index (χ1) is 31.2. The van der Waals surface area contributed by atoms with Crippen LogP contribution in [0.25, 0.3) is 0 Å². The summed E-state index contributed by atoms with van der Waals surface area (Å²) in [7, 11) is -4.74. The van der Waals surface area contributed by atoms with Gasteiger partial charge in [-0.15, -0.1) is 0 Å². The number of esters is 3. The maximum atomic E-state index is 12.8. The summed E-state index contributed by atoms with van der Waals surface area (Å²) in [6.07, 6.45) is 46.6. The molecule has 0 fully saturated rings. The molecule has 12 heteroatoms. The number of carbonyl (C=O) groups excluding carboxylic acids is 3. The topological polar surface area (TPSA) is 155 Å². The molecule has 0 radical (unpaired) electrons. The summed E-state index contributed by atoms with van der Waals surface area (Å²) in [5, 5.41) is 9.76. The fourth-order valence-electron chi connectivity index (χ4n) is 6.88. The number of unbranched alkanes of at least 4 members (excludes halogenated alkanes) is 22. The highest BCUT2D eigenvalue weighted by atomic mass is 31.2. The molecule has 2 N–H and O–H groups in total. The highest BCUT2D eigenvalue weighted by Gasteiger charge is 2.28. The largest absolute Gasteiger partial charge is 0.472 e. The summed E-state index contributed by atoms with van der Waals surface area (Å²) >= 11 is 0. The Morgan fingerprint density at radius 1 is 0.453 bits per heavy atom. The number of aliphatic hydroxyl groups excluding tert-OH is 1. The highest BCUT2D eigenvalue weighted by Crippen LogP contribution is 2.43. The van der Waals surface area contributed by atoms with Gasteiger partial charge in [0.15, 0.2) is 6.10 Å². The van der Waals surface area contributed by atoms with Crippen molar-refractivity contribution < 1.29 is 52.2 Å². The third-order valence-electron chi connectivity index (χ3n) is 10.8. The van der Waals surface area contributed by atoms with Crippen LogP contribution in [-0.4, -0.2) is 66.5 Å². The lowest BCUT2D eigenvalue weighted by Crippen LogP contribution is -2.30. The molecule has 3 unspecified atom stereocenters. The van der Waals surface area contributed by atoms with Crippen molar-refractivity contribution in [2.24, 2.45) is 0 Å². The van der Waals surface area contributed by atoms with Gasteiger partial charge in [-0.2, -0.15) is 0 Å². The van der Waals surface area contributed by atoms with Crippen LogP contribution in [0.4, 0.5) is 0 Å². The molecule has 0 saturated carbocycles. The van der Waals surface area contributed by atoms with Gasteiger partial charge in [0.05, 0.1) is 19.8 Å². The van der Waals surface area contributed by atoms with Crippen molar-refractivity contribution in [2.45, 2.75) is 238 Å². The Morgan fingerprint density at radius 2 is 0.812 bits per heavy atom. The quantitative estimate of drug-likeness (QED) is 0.0197. The van der Waals surface area contributed by atoms with E-state index in [0.29, 0.717) is 19.3 Å². The summed E-state index contributed by atoms with van der Waals surface area (Å²) in [6.45, 7) is 4.45. The summed E-state index contributed by atoms with van der Waals surface area (Å²) in [5.74, 6) is -1.51. The third-order valence-corrected chi connectivity index (χ3v) is 11.7. The van der Waals surface area contributed by atoms with Gasteiger partial charge in [0.2, 0.25) is 0 Å². The molecule has 0 aromatic rings. The molecule has 372 valence electrons. The second kappa shape index (κ2) is 47.0. The molecule has 0 spiro atoms. The molecule has 64 heavy (non-hydrogen) atoms. The molecule has 0 amide bonds. The lowest BCUT2D eigenvalue weighted by molar-refractivity contribution is -0.161. The van der Waals surface area contributed by atoms with Crippen molar-refractivity contribution in [3.8, 4) is 0 Å². The number of aliphatic hydroxyl groups is 1. The molecule has 0 bridgehead atoms. The molecule has 3 atom stereocenters. The molecule has 0 heterocycles. The average molecular weight is 925 g/mol. The van der Waals surface area contributed by atoms with Gasteiger partial charge in [-0.1, -0.05) is 198 Å². The zero-order chi connectivity index (χ0) is 47.0. The van der Waals surface area contributed by atoms with E-state index in [0.717, 1.165) is 77.0 Å². The Hall–Kier alpha value is -2.56. The lowest BCUT2D eigenvalue weighted by Gasteiger charge is -2.21. The van der Waals surface area contributed by atoms with Crippen molar-refractivity contribution in [1.29, 1.82) is 0 Å². The first kappa shape index (κ1) is 61.4. The van der Waals surface area contributed by atoms with Crippen LogP contribution >= 0.6 is 7.82 Å². The summed E-state index contributed by atoms with van der Waals surface area (Å²) in [4.78, 5) is 48.2. The van der Waals surface area contributed by atoms with Crippen molar-refractivity contribution >= 4 is 25.7 Å². The van der Waals surface area contributed by atoms with E-state index in [-0.39, 0.29) is 25.9 Å². The monoisotopic (exact) mass is 925 g/mol. The Balaban J connectivity index is 4.75. The van der Waals surface area contributed by atoms with E-state index in [9.17, 15) is 28.9 Å². The summed E-state index contributed by atoms with van der Waals surface area (Å²) < 4.78 is 39.2. The van der Waals surface area contributed by atoms with E-state index in [1.165, 1.54) is 89.9 Å². The second-order valence-electron chi connectivity index (χ2n) is 17.0. The number of hydrogen-bond donors (Lipinski definition) is 2. The van der Waals surface area contributed by atoms with Gasteiger partial charge >= 0.3 is 25.7 Å². The zero-order valence-corrected chi connectivity index (χ0v) is 41.6. The van der Waals surface area contributed by atoms with Gasteiger partial charge in [-0.05, 0) is 57.8 Å². The van der Waals surface area contributed by atoms with E-state index >= 15 is 0 Å². The van der Waals surface area contributed by atoms with Crippen LogP contribution < -0.4 is 0 Å². The second-order valence-corrected chi connectivity index (χ2v) is 18.4. The van der Waals surface area contributed by atoms with Crippen LogP contribution in [0, 0.1) is 0 Å². The number of phosphoric acid groups is 1. The van der Waals surface area contributed by atoms with Gasteiger partial charge < -0.3 is 24.2 Å². The first-order valence-corrected chi connectivity index (χ1v) is 27.0. The molecule has 0 aromatic heterocycles. The predicted octanol–water partition coefficient (Wildman–Crippen LogP) is 14.2. The van der Waals surface area contributed by atoms with E-state index in [1.54, 1.807) is 0 Å². The number of ether oxygens (including phenoxy) is 3. The van der Waals surface area contributed by atoms with E-state index in [2.05, 4.69) is 69.4 Å². The Kier molecular flexibility index (Phi) is 45.1. The number of hydrogen-bond acceptors (Lipinski definition) is 10. The fraction of sp³-hybridized carbons (Fsp3) is 0.788. The highest BCUT2D eigenvalue weighted by molar-refractivity contribution is 7.47. The number of phosphoric ester groups is 1. The van der Waals surface area contributed by atoms with Gasteiger partial charge in [-0.3, -0.25) is 23.4 Å². The van der Waals surface area contributed by atoms with Crippen LogP contribution in [0.15, 0.2) is 48.6 Å². The van der Waals surface area contributed by atoms with Crippen molar-refractivity contribution in [2.75, 3.05) is 26.4 Å². The lowest BCUT2D eigenvalue weighted by atomic mass is 10.0. The molecule has 0 aliphatic carbocycles. The van der Waals surface area contributed by atoms with E-state index in [1.807, 2.05) is 0 Å². The zero-order valence-electron chi connectivity index (χ0n) is 40.7. The van der Waals surface area contributed by atoms with E-state index in [4.69, 9.17) is 23.3 Å². The first-order valence-electron chi connectivity index (χ1n) is 25.5. The minimum atomic E-state index is -4.74. The fourth-order valence-corrected chi connectivity index (χ4v) is 7.66. The molecule has 0 aromatic carbocycles. The van der Waals surface area contributed by atoms with Crippen LogP contribution in [0.5, 0.6) is 0 Å². The standard InChI is InChI=1S/C52H93O11P/c1-4-7-10-13-16-19-21-23-24-26-28-31-34-37-40-43-52(56)63-49(45-59-50(54)41-38-35-32-29-18-15-12-9-6-3)47-61-64(57,58)60-46-48(44-53)62-51(55)42-39-36-33-30-27-25-22-20-17-14-11-8-5-2/h7,10,16,19,23-24,28,31,48-49,53H,4-6,8-9,11-15,17-18,20-22,25-27,29-30,32-47H2,1-3H3,(H,57,58)/b10-7-,19-16-,24-23-,31-28-. The molecular weight excluding hydrogens is 832 g/mol. The number of allylic oxidation sites excluding steroid dienone is 8. The predicted molar refractivity (Wildman–Crippen MR) is 261 cm³/mol. The normalized spacial score (nSPS) is 13.9. The maximum Gasteiger partial charge on any atom is 0.472 e. The third kappa shape index (κ3) is 44.6. The van der Waals surface area contributed by atoms with Crippen LogP contribution in [0.3, 0.4) is 0 Å². The molecular formula is C52H93O11P. The molecule has 0 rings (SSSR count). The maximum absolute atomic E-state index is 12.8. The Bertz CT molecular complexity index is 1260. The smallest absolute Gasteiger partial charge is 0.462 e. The van der Waals surface area contributed by atoms with Gasteiger partial charge in [0, 0.05) is 19.3 Å². The molecule has 0 aliphatic rings. The number of rotatable bonds is 47. The Labute approximate surface area is 390 Å². The van der Waals surface area contributed by atoms with Crippen LogP contribution in [0.2, 0.25) is 0 Å². The van der Waals surface area contributed by atoms with Crippen molar-refractivity contribution in [1.82, 2.24) is 0 Å². The minimum Gasteiger partial charge on any atom is -0.462 e. The summed E-state index contributed by atoms with van der Waals surface area (Å²) in [5.41, 5.74) is 0. The SMILES string of the molecule is CC/C=C\C/C=C\C/C=C\C/C=C\CCCCC(=O)OC(COC(=O)CCCCCCCCCCC)COP(=O)(O)OCC(CO)OC(=O)CCCCCCCCCCCCCCC.